The van der Waals surface area contributed by atoms with Crippen LogP contribution in [-0.2, 0) is 11.8 Å². The van der Waals surface area contributed by atoms with Crippen LogP contribution in [0, 0.1) is 12.8 Å². The topological polar surface area (TPSA) is 80.5 Å². The molecule has 0 amide bonds. The minimum Gasteiger partial charge on any atom is -0.462 e. The largest absolute Gasteiger partial charge is 0.462 e. The van der Waals surface area contributed by atoms with Crippen LogP contribution in [-0.4, -0.2) is 45.3 Å². The van der Waals surface area contributed by atoms with Crippen molar-refractivity contribution in [3.8, 4) is 0 Å². The first-order chi connectivity index (χ1) is 14.5. The van der Waals surface area contributed by atoms with Crippen molar-refractivity contribution in [1.29, 1.82) is 0 Å². The Morgan fingerprint density at radius 1 is 1.37 bits per heavy atom. The second-order valence-electron chi connectivity index (χ2n) is 7.86. The zero-order chi connectivity index (χ0) is 21.3. The van der Waals surface area contributed by atoms with E-state index in [9.17, 15) is 9.90 Å². The number of hydrogen-bond acceptors (Lipinski definition) is 6. The summed E-state index contributed by atoms with van der Waals surface area (Å²) in [7, 11) is 1.89. The summed E-state index contributed by atoms with van der Waals surface area (Å²) in [5, 5.41) is 11.9. The van der Waals surface area contributed by atoms with Crippen LogP contribution in [0.3, 0.4) is 0 Å². The van der Waals surface area contributed by atoms with Gasteiger partial charge in [0.05, 0.1) is 12.1 Å². The summed E-state index contributed by atoms with van der Waals surface area (Å²) in [5.74, 6) is 0.954. The number of hydrogen-bond donors (Lipinski definition) is 1. The third kappa shape index (κ3) is 3.65. The maximum Gasteiger partial charge on any atom is 0.342 e. The number of aromatic nitrogens is 3. The summed E-state index contributed by atoms with van der Waals surface area (Å²) in [6.45, 7) is 5.45. The number of piperidine rings is 1. The fourth-order valence-corrected chi connectivity index (χ4v) is 4.37. The number of aliphatic hydroxyl groups is 1. The van der Waals surface area contributed by atoms with Gasteiger partial charge in [0.25, 0.3) is 0 Å². The molecule has 1 aliphatic rings. The number of aryl methyl sites for hydroxylation is 2. The number of pyridine rings is 1. The summed E-state index contributed by atoms with van der Waals surface area (Å²) in [5.41, 5.74) is 2.24. The number of rotatable bonds is 5. The van der Waals surface area contributed by atoms with Crippen LogP contribution >= 0.6 is 0 Å². The molecule has 2 aromatic heterocycles. The van der Waals surface area contributed by atoms with Gasteiger partial charge in [-0.1, -0.05) is 18.2 Å². The number of benzene rings is 1. The van der Waals surface area contributed by atoms with Crippen LogP contribution < -0.4 is 4.90 Å². The Morgan fingerprint density at radius 2 is 2.17 bits per heavy atom. The number of fused-ring (bicyclic) bond motifs is 1. The molecule has 1 aromatic carbocycles. The molecular formula is C23H28N4O3. The number of ether oxygens (including phenoxy) is 1. The Hall–Kier alpha value is -2.93. The summed E-state index contributed by atoms with van der Waals surface area (Å²) < 4.78 is 7.22. The predicted molar refractivity (Wildman–Crippen MR) is 116 cm³/mol. The lowest BCUT2D eigenvalue weighted by Gasteiger charge is -2.36. The van der Waals surface area contributed by atoms with Crippen molar-refractivity contribution >= 4 is 22.7 Å². The van der Waals surface area contributed by atoms with Crippen molar-refractivity contribution in [2.75, 3.05) is 24.6 Å². The molecule has 7 heteroatoms. The molecule has 1 aliphatic heterocycles. The van der Waals surface area contributed by atoms with Crippen LogP contribution in [0.5, 0.6) is 0 Å². The van der Waals surface area contributed by atoms with Gasteiger partial charge in [-0.15, -0.1) is 0 Å². The van der Waals surface area contributed by atoms with Crippen molar-refractivity contribution in [2.24, 2.45) is 13.0 Å². The Bertz CT molecular complexity index is 1060. The summed E-state index contributed by atoms with van der Waals surface area (Å²) in [6.07, 6.45) is 4.67. The van der Waals surface area contributed by atoms with Crippen molar-refractivity contribution in [2.45, 2.75) is 32.8 Å². The lowest BCUT2D eigenvalue weighted by Crippen LogP contribution is -2.40. The van der Waals surface area contributed by atoms with E-state index in [2.05, 4.69) is 9.88 Å². The smallest absolute Gasteiger partial charge is 0.342 e. The zero-order valence-corrected chi connectivity index (χ0v) is 17.7. The third-order valence-corrected chi connectivity index (χ3v) is 5.94. The van der Waals surface area contributed by atoms with Gasteiger partial charge in [-0.25, -0.2) is 14.8 Å². The Balaban J connectivity index is 1.73. The van der Waals surface area contributed by atoms with Crippen molar-refractivity contribution in [3.63, 3.8) is 0 Å². The molecule has 0 radical (unpaired) electrons. The standard InChI is InChI=1S/C23H28N4O3/c1-4-30-23(29)19-15(2)17-9-5-6-10-18(17)25-21(19)27-12-7-8-16(14-27)20(28)22-24-11-13-26(22)3/h5-6,9-11,13,16,20,28H,4,7-8,12,14H2,1-3H3. The molecule has 1 N–H and O–H groups in total. The average molecular weight is 409 g/mol. The lowest BCUT2D eigenvalue weighted by atomic mass is 9.91. The number of imidazole rings is 1. The summed E-state index contributed by atoms with van der Waals surface area (Å²) >= 11 is 0. The molecule has 4 rings (SSSR count). The Labute approximate surface area is 176 Å². The van der Waals surface area contributed by atoms with Gasteiger partial charge in [0.1, 0.15) is 23.3 Å². The molecule has 158 valence electrons. The van der Waals surface area contributed by atoms with E-state index in [1.54, 1.807) is 6.20 Å². The van der Waals surface area contributed by atoms with Crippen LogP contribution in [0.25, 0.3) is 10.9 Å². The number of para-hydroxylation sites is 1. The molecule has 1 fully saturated rings. The maximum absolute atomic E-state index is 12.9. The molecule has 0 saturated carbocycles. The second kappa shape index (κ2) is 8.44. The Kier molecular flexibility index (Phi) is 5.72. The monoisotopic (exact) mass is 408 g/mol. The molecule has 3 aromatic rings. The highest BCUT2D eigenvalue weighted by molar-refractivity contribution is 6.02. The number of carbonyl (C=O) groups excluding carboxylic acids is 1. The Morgan fingerprint density at radius 3 is 2.90 bits per heavy atom. The molecule has 3 heterocycles. The molecule has 0 spiro atoms. The van der Waals surface area contributed by atoms with Gasteiger partial charge in [0, 0.05) is 43.8 Å². The first-order valence-electron chi connectivity index (χ1n) is 10.5. The number of nitrogens with zero attached hydrogens (tertiary/aromatic N) is 4. The molecule has 2 unspecified atom stereocenters. The van der Waals surface area contributed by atoms with Gasteiger partial charge in [-0.3, -0.25) is 0 Å². The molecule has 0 bridgehead atoms. The molecule has 1 saturated heterocycles. The zero-order valence-electron chi connectivity index (χ0n) is 17.7. The van der Waals surface area contributed by atoms with E-state index in [0.717, 1.165) is 35.9 Å². The number of esters is 1. The van der Waals surface area contributed by atoms with Gasteiger partial charge >= 0.3 is 5.97 Å². The van der Waals surface area contributed by atoms with E-state index in [4.69, 9.17) is 9.72 Å². The number of aliphatic hydroxyl groups excluding tert-OH is 1. The average Bonchev–Trinajstić information content (AvgIpc) is 3.19. The molecule has 0 aliphatic carbocycles. The van der Waals surface area contributed by atoms with E-state index in [0.29, 0.717) is 30.4 Å². The molecule has 30 heavy (non-hydrogen) atoms. The maximum atomic E-state index is 12.9. The molecular weight excluding hydrogens is 380 g/mol. The third-order valence-electron chi connectivity index (χ3n) is 5.94. The van der Waals surface area contributed by atoms with E-state index >= 15 is 0 Å². The normalized spacial score (nSPS) is 17.9. The number of carbonyl (C=O) groups is 1. The van der Waals surface area contributed by atoms with Gasteiger partial charge < -0.3 is 19.3 Å². The summed E-state index contributed by atoms with van der Waals surface area (Å²) in [6, 6.07) is 7.84. The highest BCUT2D eigenvalue weighted by atomic mass is 16.5. The number of anilines is 1. The predicted octanol–water partition coefficient (Wildman–Crippen LogP) is 3.40. The van der Waals surface area contributed by atoms with E-state index in [1.807, 2.05) is 55.9 Å². The van der Waals surface area contributed by atoms with Gasteiger partial charge in [0.2, 0.25) is 0 Å². The minimum absolute atomic E-state index is 0.00321. The minimum atomic E-state index is -0.666. The van der Waals surface area contributed by atoms with Crippen LogP contribution in [0.1, 0.15) is 47.6 Å². The van der Waals surface area contributed by atoms with E-state index < -0.39 is 6.10 Å². The fourth-order valence-electron chi connectivity index (χ4n) is 4.37. The van der Waals surface area contributed by atoms with Crippen LogP contribution in [0.15, 0.2) is 36.7 Å². The lowest BCUT2D eigenvalue weighted by molar-refractivity contribution is 0.0525. The molecule has 7 nitrogen and oxygen atoms in total. The first-order valence-corrected chi connectivity index (χ1v) is 10.5. The second-order valence-corrected chi connectivity index (χ2v) is 7.86. The quantitative estimate of drug-likeness (QED) is 0.652. The van der Waals surface area contributed by atoms with Gasteiger partial charge in [-0.2, -0.15) is 0 Å². The van der Waals surface area contributed by atoms with Crippen molar-refractivity contribution < 1.29 is 14.6 Å². The molecule has 2 atom stereocenters. The highest BCUT2D eigenvalue weighted by Crippen LogP contribution is 2.35. The van der Waals surface area contributed by atoms with Crippen LogP contribution in [0.4, 0.5) is 5.82 Å². The van der Waals surface area contributed by atoms with E-state index in [1.165, 1.54) is 0 Å². The van der Waals surface area contributed by atoms with E-state index in [-0.39, 0.29) is 11.9 Å². The van der Waals surface area contributed by atoms with Crippen molar-refractivity contribution in [3.05, 3.63) is 53.6 Å². The SMILES string of the molecule is CCOC(=O)c1c(N2CCCC(C(O)c3nccn3C)C2)nc2ccccc2c1C. The van der Waals surface area contributed by atoms with Gasteiger partial charge in [0.15, 0.2) is 0 Å². The van der Waals surface area contributed by atoms with Gasteiger partial charge in [-0.05, 0) is 38.3 Å². The van der Waals surface area contributed by atoms with Crippen LogP contribution in [0.2, 0.25) is 0 Å². The summed E-state index contributed by atoms with van der Waals surface area (Å²) in [4.78, 5) is 24.2. The highest BCUT2D eigenvalue weighted by Gasteiger charge is 2.32. The van der Waals surface area contributed by atoms with Crippen molar-refractivity contribution in [1.82, 2.24) is 14.5 Å². The fraction of sp³-hybridized carbons (Fsp3) is 0.435. The first kappa shape index (κ1) is 20.3.